The van der Waals surface area contributed by atoms with Gasteiger partial charge in [-0.3, -0.25) is 9.59 Å². The zero-order chi connectivity index (χ0) is 18.9. The molecular weight excluding hydrogens is 439 g/mol. The summed E-state index contributed by atoms with van der Waals surface area (Å²) in [6, 6.07) is 0. The number of Topliss-reactive ketones (excluding diaryl/α,β-unsaturated/α-hetero) is 1. The third kappa shape index (κ3) is 2.15. The Balaban J connectivity index is 1.79. The Hall–Kier alpha value is -0.750. The third-order valence-corrected chi connectivity index (χ3v) is 8.77. The van der Waals surface area contributed by atoms with Gasteiger partial charge in [0, 0.05) is 10.8 Å². The number of hydrogen-bond acceptors (Lipinski definition) is 3. The minimum absolute atomic E-state index is 0.0132. The van der Waals surface area contributed by atoms with E-state index in [9.17, 15) is 14.7 Å². The van der Waals surface area contributed by atoms with Crippen LogP contribution in [0, 0.1) is 28.6 Å². The second-order valence-electron chi connectivity index (χ2n) is 9.10. The van der Waals surface area contributed by atoms with Crippen molar-refractivity contribution in [3.8, 4) is 0 Å². The van der Waals surface area contributed by atoms with Gasteiger partial charge in [0.2, 0.25) is 0 Å². The largest absolute Gasteiger partial charge is 0.381 e. The number of halogens is 1. The van der Waals surface area contributed by atoms with Crippen LogP contribution in [0.25, 0.3) is 0 Å². The lowest BCUT2D eigenvalue weighted by Gasteiger charge is -2.53. The van der Waals surface area contributed by atoms with E-state index < -0.39 is 11.0 Å². The van der Waals surface area contributed by atoms with Gasteiger partial charge < -0.3 is 5.11 Å². The number of rotatable bonds is 2. The number of carbonyl (C=O) groups is 2. The molecule has 0 unspecified atom stereocenters. The number of allylic oxidation sites excluding steroid dienone is 6. The van der Waals surface area contributed by atoms with E-state index >= 15 is 0 Å². The molecule has 2 saturated carbocycles. The lowest BCUT2D eigenvalue weighted by molar-refractivity contribution is -0.155. The summed E-state index contributed by atoms with van der Waals surface area (Å²) in [5.74, 6) is 0.763. The Morgan fingerprint density at radius 1 is 1.38 bits per heavy atom. The minimum atomic E-state index is -1.23. The first-order valence-electron chi connectivity index (χ1n) is 9.65. The van der Waals surface area contributed by atoms with Gasteiger partial charge in [0.05, 0.1) is 4.43 Å². The molecule has 4 rings (SSSR count). The van der Waals surface area contributed by atoms with Crippen molar-refractivity contribution in [2.75, 3.05) is 4.43 Å². The molecular formula is C22H27IO3. The molecule has 26 heavy (non-hydrogen) atoms. The molecule has 4 aliphatic carbocycles. The monoisotopic (exact) mass is 466 g/mol. The van der Waals surface area contributed by atoms with Crippen LogP contribution >= 0.6 is 22.6 Å². The first-order valence-corrected chi connectivity index (χ1v) is 11.2. The standard InChI is InChI=1S/C22H27IO3/c1-13-10-18-16-5-4-14-11-15(24)6-8-20(14,2)17(16)7-9-21(18,3)22(13,26)19(25)12-23/h6-8,11,13,16,18,26H,4-5,9-10,12H2,1-3H3/t13-,16-,18+,20+,21+,22+/m1/s1. The molecule has 0 radical (unpaired) electrons. The van der Waals surface area contributed by atoms with Crippen molar-refractivity contribution in [1.29, 1.82) is 0 Å². The molecule has 0 aromatic rings. The lowest BCUT2D eigenvalue weighted by Crippen LogP contribution is -2.57. The second kappa shape index (κ2) is 5.87. The molecule has 6 atom stereocenters. The molecule has 0 heterocycles. The van der Waals surface area contributed by atoms with E-state index in [1.165, 1.54) is 11.1 Å². The highest BCUT2D eigenvalue weighted by atomic mass is 127. The molecule has 0 bridgehead atoms. The van der Waals surface area contributed by atoms with E-state index in [-0.39, 0.29) is 22.9 Å². The fourth-order valence-electron chi connectivity index (χ4n) is 6.56. The summed E-state index contributed by atoms with van der Waals surface area (Å²) >= 11 is 2.09. The summed E-state index contributed by atoms with van der Waals surface area (Å²) in [5, 5.41) is 11.6. The van der Waals surface area contributed by atoms with E-state index in [4.69, 9.17) is 0 Å². The topological polar surface area (TPSA) is 54.4 Å². The van der Waals surface area contributed by atoms with Gasteiger partial charge in [-0.05, 0) is 62.5 Å². The summed E-state index contributed by atoms with van der Waals surface area (Å²) in [7, 11) is 0. The number of alkyl halides is 1. The molecule has 0 saturated heterocycles. The van der Waals surface area contributed by atoms with E-state index in [0.717, 1.165) is 25.7 Å². The maximum absolute atomic E-state index is 12.8. The number of aliphatic hydroxyl groups is 1. The predicted octanol–water partition coefficient (Wildman–Crippen LogP) is 4.20. The van der Waals surface area contributed by atoms with Crippen molar-refractivity contribution in [3.05, 3.63) is 35.5 Å². The van der Waals surface area contributed by atoms with Crippen LogP contribution in [-0.4, -0.2) is 26.7 Å². The van der Waals surface area contributed by atoms with Crippen molar-refractivity contribution in [2.24, 2.45) is 28.6 Å². The molecule has 140 valence electrons. The fourth-order valence-corrected chi connectivity index (χ4v) is 7.14. The van der Waals surface area contributed by atoms with E-state index in [1.54, 1.807) is 6.08 Å². The molecule has 1 N–H and O–H groups in total. The van der Waals surface area contributed by atoms with Crippen LogP contribution in [0.2, 0.25) is 0 Å². The Kier molecular flexibility index (Phi) is 4.20. The smallest absolute Gasteiger partial charge is 0.178 e. The highest BCUT2D eigenvalue weighted by Crippen LogP contribution is 2.66. The van der Waals surface area contributed by atoms with E-state index in [1.807, 2.05) is 13.0 Å². The van der Waals surface area contributed by atoms with Crippen molar-refractivity contribution in [1.82, 2.24) is 0 Å². The molecule has 0 amide bonds. The molecule has 2 fully saturated rings. The molecule has 3 nitrogen and oxygen atoms in total. The van der Waals surface area contributed by atoms with Crippen LogP contribution in [-0.2, 0) is 9.59 Å². The van der Waals surface area contributed by atoms with Crippen molar-refractivity contribution >= 4 is 34.2 Å². The van der Waals surface area contributed by atoms with Crippen molar-refractivity contribution in [3.63, 3.8) is 0 Å². The van der Waals surface area contributed by atoms with Gasteiger partial charge in [0.25, 0.3) is 0 Å². The average Bonchev–Trinajstić information content (AvgIpc) is 2.83. The summed E-state index contributed by atoms with van der Waals surface area (Å²) in [5.41, 5.74) is 0.834. The fraction of sp³-hybridized carbons (Fsp3) is 0.636. The molecule has 4 aliphatic rings. The van der Waals surface area contributed by atoms with E-state index in [2.05, 4.69) is 48.6 Å². The van der Waals surface area contributed by atoms with Gasteiger partial charge >= 0.3 is 0 Å². The normalized spacial score (nSPS) is 46.8. The van der Waals surface area contributed by atoms with Gasteiger partial charge in [-0.15, -0.1) is 0 Å². The number of fused-ring (bicyclic) bond motifs is 5. The third-order valence-electron chi connectivity index (χ3n) is 8.08. The Morgan fingerprint density at radius 2 is 2.12 bits per heavy atom. The summed E-state index contributed by atoms with van der Waals surface area (Å²) in [6.45, 7) is 6.40. The van der Waals surface area contributed by atoms with Crippen LogP contribution < -0.4 is 0 Å². The Bertz CT molecular complexity index is 778. The predicted molar refractivity (Wildman–Crippen MR) is 110 cm³/mol. The van der Waals surface area contributed by atoms with Crippen molar-refractivity contribution in [2.45, 2.75) is 52.1 Å². The molecule has 0 aromatic carbocycles. The quantitative estimate of drug-likeness (QED) is 0.377. The Labute approximate surface area is 169 Å². The second-order valence-corrected chi connectivity index (χ2v) is 9.86. The first-order chi connectivity index (χ1) is 12.2. The first kappa shape index (κ1) is 18.6. The zero-order valence-electron chi connectivity index (χ0n) is 15.7. The van der Waals surface area contributed by atoms with Crippen LogP contribution in [0.4, 0.5) is 0 Å². The number of hydrogen-bond donors (Lipinski definition) is 1. The molecule has 0 spiro atoms. The highest BCUT2D eigenvalue weighted by Gasteiger charge is 2.66. The van der Waals surface area contributed by atoms with Gasteiger partial charge in [-0.2, -0.15) is 0 Å². The maximum atomic E-state index is 12.8. The molecule has 0 aromatic heterocycles. The van der Waals surface area contributed by atoms with Crippen LogP contribution in [0.3, 0.4) is 0 Å². The minimum Gasteiger partial charge on any atom is -0.381 e. The molecule has 0 aliphatic heterocycles. The van der Waals surface area contributed by atoms with E-state index in [0.29, 0.717) is 16.3 Å². The SMILES string of the molecule is C[C@@H]1C[C@H]2[C@@H]3CCC4=CC(=O)C=C[C@]4(C)C3=CC[C@]2(C)[C@@]1(O)C(=O)CI. The summed E-state index contributed by atoms with van der Waals surface area (Å²) in [6.07, 6.45) is 11.5. The Morgan fingerprint density at radius 3 is 2.81 bits per heavy atom. The maximum Gasteiger partial charge on any atom is 0.178 e. The summed E-state index contributed by atoms with van der Waals surface area (Å²) < 4.78 is 0.359. The highest BCUT2D eigenvalue weighted by molar-refractivity contribution is 14.1. The van der Waals surface area contributed by atoms with Crippen LogP contribution in [0.1, 0.15) is 46.5 Å². The number of carbonyl (C=O) groups excluding carboxylic acids is 2. The van der Waals surface area contributed by atoms with Crippen molar-refractivity contribution < 1.29 is 14.7 Å². The van der Waals surface area contributed by atoms with Gasteiger partial charge in [-0.1, -0.05) is 59.7 Å². The molecule has 4 heteroatoms. The van der Waals surface area contributed by atoms with Crippen LogP contribution in [0.5, 0.6) is 0 Å². The lowest BCUT2D eigenvalue weighted by atomic mass is 9.51. The number of ketones is 2. The van der Waals surface area contributed by atoms with Crippen LogP contribution in [0.15, 0.2) is 35.5 Å². The zero-order valence-corrected chi connectivity index (χ0v) is 17.9. The van der Waals surface area contributed by atoms with Gasteiger partial charge in [0.15, 0.2) is 11.6 Å². The summed E-state index contributed by atoms with van der Waals surface area (Å²) in [4.78, 5) is 24.6. The average molecular weight is 466 g/mol. The van der Waals surface area contributed by atoms with Gasteiger partial charge in [0.1, 0.15) is 5.60 Å². The van der Waals surface area contributed by atoms with Gasteiger partial charge in [-0.25, -0.2) is 0 Å².